The summed E-state index contributed by atoms with van der Waals surface area (Å²) in [5.41, 5.74) is 2.15. The van der Waals surface area contributed by atoms with Crippen molar-refractivity contribution in [2.24, 2.45) is 5.92 Å². The molecular formula is C23H34N4O3. The first kappa shape index (κ1) is 22.1. The summed E-state index contributed by atoms with van der Waals surface area (Å²) >= 11 is 0. The van der Waals surface area contributed by atoms with Crippen molar-refractivity contribution in [3.63, 3.8) is 0 Å². The van der Waals surface area contributed by atoms with Gasteiger partial charge in [-0.2, -0.15) is 0 Å². The predicted molar refractivity (Wildman–Crippen MR) is 116 cm³/mol. The monoisotopic (exact) mass is 414 g/mol. The van der Waals surface area contributed by atoms with Crippen LogP contribution in [-0.4, -0.2) is 65.3 Å². The molecule has 3 rings (SSSR count). The van der Waals surface area contributed by atoms with Gasteiger partial charge in [0.05, 0.1) is 0 Å². The Hall–Kier alpha value is -2.57. The second-order valence-corrected chi connectivity index (χ2v) is 8.12. The minimum Gasteiger partial charge on any atom is -0.352 e. The largest absolute Gasteiger partial charge is 0.352 e. The Morgan fingerprint density at radius 2 is 1.73 bits per heavy atom. The van der Waals surface area contributed by atoms with Crippen LogP contribution in [0.1, 0.15) is 50.7 Å². The zero-order valence-electron chi connectivity index (χ0n) is 18.2. The minimum absolute atomic E-state index is 0.0528. The molecule has 1 aromatic carbocycles. The Labute approximate surface area is 179 Å². The lowest BCUT2D eigenvalue weighted by atomic mass is 9.96. The van der Waals surface area contributed by atoms with E-state index in [1.165, 1.54) is 0 Å². The molecule has 2 aliphatic heterocycles. The standard InChI is InChI=1S/C23H34N4O3/c1-3-25(4-2)23(30)26-14-11-18(12-15-26)22(29)24-16-19-8-5-6-9-20(19)17-27-13-7-10-21(27)28/h5-6,8-9,18H,3-4,7,10-17H2,1-2H3,(H,24,29). The van der Waals surface area contributed by atoms with Crippen LogP contribution in [0.3, 0.4) is 0 Å². The maximum absolute atomic E-state index is 12.7. The van der Waals surface area contributed by atoms with Crippen molar-refractivity contribution in [3.8, 4) is 0 Å². The van der Waals surface area contributed by atoms with Crippen molar-refractivity contribution in [3.05, 3.63) is 35.4 Å². The smallest absolute Gasteiger partial charge is 0.319 e. The molecule has 2 aliphatic rings. The lowest BCUT2D eigenvalue weighted by molar-refractivity contribution is -0.128. The van der Waals surface area contributed by atoms with Crippen LogP contribution in [0.25, 0.3) is 0 Å². The second kappa shape index (κ2) is 10.5. The van der Waals surface area contributed by atoms with Gasteiger partial charge in [-0.15, -0.1) is 0 Å². The number of hydrogen-bond donors (Lipinski definition) is 1. The molecule has 0 saturated carbocycles. The van der Waals surface area contributed by atoms with Gasteiger partial charge in [0.1, 0.15) is 0 Å². The molecule has 164 valence electrons. The minimum atomic E-state index is -0.0573. The van der Waals surface area contributed by atoms with Crippen LogP contribution >= 0.6 is 0 Å². The van der Waals surface area contributed by atoms with E-state index >= 15 is 0 Å². The van der Waals surface area contributed by atoms with Gasteiger partial charge in [-0.05, 0) is 44.2 Å². The van der Waals surface area contributed by atoms with Crippen molar-refractivity contribution in [2.45, 2.75) is 52.6 Å². The fourth-order valence-corrected chi connectivity index (χ4v) is 4.31. The number of piperidine rings is 1. The van der Waals surface area contributed by atoms with Crippen LogP contribution in [-0.2, 0) is 22.7 Å². The first-order chi connectivity index (χ1) is 14.5. The molecule has 1 N–H and O–H groups in total. The molecule has 2 saturated heterocycles. The van der Waals surface area contributed by atoms with Crippen molar-refractivity contribution < 1.29 is 14.4 Å². The third-order valence-electron chi connectivity index (χ3n) is 6.27. The summed E-state index contributed by atoms with van der Waals surface area (Å²) in [6.07, 6.45) is 2.95. The topological polar surface area (TPSA) is 73.0 Å². The van der Waals surface area contributed by atoms with Gasteiger partial charge in [0.25, 0.3) is 0 Å². The summed E-state index contributed by atoms with van der Waals surface area (Å²) in [5.74, 6) is 0.204. The fourth-order valence-electron chi connectivity index (χ4n) is 4.31. The Morgan fingerprint density at radius 1 is 1.07 bits per heavy atom. The SMILES string of the molecule is CCN(CC)C(=O)N1CCC(C(=O)NCc2ccccc2CN2CCCC2=O)CC1. The molecule has 0 atom stereocenters. The lowest BCUT2D eigenvalue weighted by Crippen LogP contribution is -2.48. The van der Waals surface area contributed by atoms with Gasteiger partial charge in [0.2, 0.25) is 11.8 Å². The van der Waals surface area contributed by atoms with E-state index in [0.29, 0.717) is 58.5 Å². The van der Waals surface area contributed by atoms with Crippen LogP contribution < -0.4 is 5.32 Å². The number of rotatable bonds is 7. The third kappa shape index (κ3) is 5.32. The lowest BCUT2D eigenvalue weighted by Gasteiger charge is -2.34. The van der Waals surface area contributed by atoms with Crippen LogP contribution in [0.4, 0.5) is 4.79 Å². The highest BCUT2D eigenvalue weighted by molar-refractivity contribution is 5.80. The van der Waals surface area contributed by atoms with E-state index in [1.54, 1.807) is 0 Å². The Bertz CT molecular complexity index is 755. The van der Waals surface area contributed by atoms with E-state index < -0.39 is 0 Å². The normalized spacial score (nSPS) is 17.3. The summed E-state index contributed by atoms with van der Waals surface area (Å²) in [6, 6.07) is 8.06. The van der Waals surface area contributed by atoms with Gasteiger partial charge in [0.15, 0.2) is 0 Å². The number of nitrogens with one attached hydrogen (secondary N) is 1. The average molecular weight is 415 g/mol. The Morgan fingerprint density at radius 3 is 2.33 bits per heavy atom. The van der Waals surface area contributed by atoms with E-state index in [-0.39, 0.29) is 23.8 Å². The number of likely N-dealkylation sites (tertiary alicyclic amines) is 2. The molecule has 2 heterocycles. The zero-order chi connectivity index (χ0) is 21.5. The van der Waals surface area contributed by atoms with Crippen molar-refractivity contribution in [1.29, 1.82) is 0 Å². The summed E-state index contributed by atoms with van der Waals surface area (Å²) in [4.78, 5) is 42.7. The molecule has 7 heteroatoms. The van der Waals surface area contributed by atoms with Crippen LogP contribution in [0.2, 0.25) is 0 Å². The van der Waals surface area contributed by atoms with E-state index in [2.05, 4.69) is 5.32 Å². The van der Waals surface area contributed by atoms with Gasteiger partial charge in [-0.25, -0.2) is 4.79 Å². The molecule has 4 amide bonds. The third-order valence-corrected chi connectivity index (χ3v) is 6.27. The van der Waals surface area contributed by atoms with Crippen LogP contribution in [0.15, 0.2) is 24.3 Å². The summed E-state index contributed by atoms with van der Waals surface area (Å²) in [6.45, 7) is 8.52. The first-order valence-electron chi connectivity index (χ1n) is 11.2. The van der Waals surface area contributed by atoms with Gasteiger partial charge in [-0.3, -0.25) is 9.59 Å². The summed E-state index contributed by atoms with van der Waals surface area (Å²) in [5, 5.41) is 3.08. The summed E-state index contributed by atoms with van der Waals surface area (Å²) < 4.78 is 0. The number of carbonyl (C=O) groups is 3. The van der Waals surface area contributed by atoms with E-state index in [9.17, 15) is 14.4 Å². The number of hydrogen-bond acceptors (Lipinski definition) is 3. The number of amides is 4. The highest BCUT2D eigenvalue weighted by Crippen LogP contribution is 2.20. The fraction of sp³-hybridized carbons (Fsp3) is 0.609. The number of benzene rings is 1. The zero-order valence-corrected chi connectivity index (χ0v) is 18.2. The van der Waals surface area contributed by atoms with Gasteiger partial charge in [0, 0.05) is 58.2 Å². The van der Waals surface area contributed by atoms with Crippen molar-refractivity contribution in [2.75, 3.05) is 32.7 Å². The number of nitrogens with zero attached hydrogens (tertiary/aromatic N) is 3. The van der Waals surface area contributed by atoms with Crippen LogP contribution in [0, 0.1) is 5.92 Å². The highest BCUT2D eigenvalue weighted by atomic mass is 16.2. The molecule has 2 fully saturated rings. The molecule has 0 bridgehead atoms. The van der Waals surface area contributed by atoms with Crippen LogP contribution in [0.5, 0.6) is 0 Å². The second-order valence-electron chi connectivity index (χ2n) is 8.12. The van der Waals surface area contributed by atoms with E-state index in [4.69, 9.17) is 0 Å². The van der Waals surface area contributed by atoms with Gasteiger partial charge >= 0.3 is 6.03 Å². The molecule has 1 aromatic rings. The number of urea groups is 1. The average Bonchev–Trinajstić information content (AvgIpc) is 3.18. The van der Waals surface area contributed by atoms with E-state index in [1.807, 2.05) is 52.8 Å². The van der Waals surface area contributed by atoms with Crippen molar-refractivity contribution >= 4 is 17.8 Å². The molecule has 0 radical (unpaired) electrons. The van der Waals surface area contributed by atoms with Gasteiger partial charge < -0.3 is 20.0 Å². The Balaban J connectivity index is 1.50. The number of carbonyl (C=O) groups excluding carboxylic acids is 3. The van der Waals surface area contributed by atoms with Gasteiger partial charge in [-0.1, -0.05) is 24.3 Å². The van der Waals surface area contributed by atoms with Crippen molar-refractivity contribution in [1.82, 2.24) is 20.0 Å². The molecule has 0 aliphatic carbocycles. The Kier molecular flexibility index (Phi) is 7.71. The first-order valence-corrected chi connectivity index (χ1v) is 11.2. The maximum atomic E-state index is 12.7. The predicted octanol–water partition coefficient (Wildman–Crippen LogP) is 2.60. The molecule has 0 aromatic heterocycles. The molecule has 7 nitrogen and oxygen atoms in total. The molecule has 0 unspecified atom stereocenters. The molecule has 30 heavy (non-hydrogen) atoms. The molecule has 0 spiro atoms. The maximum Gasteiger partial charge on any atom is 0.319 e. The highest BCUT2D eigenvalue weighted by Gasteiger charge is 2.29. The summed E-state index contributed by atoms with van der Waals surface area (Å²) in [7, 11) is 0. The van der Waals surface area contributed by atoms with E-state index in [0.717, 1.165) is 24.1 Å². The quantitative estimate of drug-likeness (QED) is 0.745. The molecular weight excluding hydrogens is 380 g/mol.